The molecule has 1 saturated carbocycles. The molecular weight excluding hydrogens is 246 g/mol. The largest absolute Gasteiger partial charge is 0.375 e. The Labute approximate surface area is 125 Å². The first kappa shape index (κ1) is 16.3. The maximum absolute atomic E-state index is 6.50. The maximum Gasteiger partial charge on any atom is 0.0685 e. The Hall–Kier alpha value is -0.0800. The van der Waals surface area contributed by atoms with Gasteiger partial charge < -0.3 is 10.5 Å². The predicted octanol–water partition coefficient (Wildman–Crippen LogP) is 4.80. The lowest BCUT2D eigenvalue weighted by Gasteiger charge is -2.45. The van der Waals surface area contributed by atoms with Crippen molar-refractivity contribution in [1.82, 2.24) is 0 Å². The normalized spacial score (nSPS) is 27.6. The Morgan fingerprint density at radius 1 is 1.10 bits per heavy atom. The second-order valence-electron chi connectivity index (χ2n) is 7.21. The Balaban J connectivity index is 1.70. The predicted molar refractivity (Wildman–Crippen MR) is 85.8 cm³/mol. The van der Waals surface area contributed by atoms with Gasteiger partial charge in [-0.2, -0.15) is 0 Å². The van der Waals surface area contributed by atoms with Gasteiger partial charge in [-0.05, 0) is 38.0 Å². The highest BCUT2D eigenvalue weighted by Crippen LogP contribution is 2.41. The number of nitrogens with two attached hydrogens (primary N) is 1. The average Bonchev–Trinajstić information content (AvgIpc) is 2.48. The number of unbranched alkanes of at least 4 members (excludes halogenated alkanes) is 4. The molecule has 0 aromatic rings. The quantitative estimate of drug-likeness (QED) is 0.680. The fourth-order valence-electron chi connectivity index (χ4n) is 4.19. The van der Waals surface area contributed by atoms with Gasteiger partial charge in [0.05, 0.1) is 5.60 Å². The molecule has 0 amide bonds. The Bertz CT molecular complexity index is 255. The minimum atomic E-state index is 0.223. The first-order valence-corrected chi connectivity index (χ1v) is 9.15. The SMILES string of the molecule is CCCCCCCC(N)C1CCOC2(CCCCC2)C1. The highest BCUT2D eigenvalue weighted by molar-refractivity contribution is 4.92. The van der Waals surface area contributed by atoms with Gasteiger partial charge in [0.25, 0.3) is 0 Å². The minimum absolute atomic E-state index is 0.223. The third-order valence-electron chi connectivity index (χ3n) is 5.54. The van der Waals surface area contributed by atoms with Crippen LogP contribution in [-0.2, 0) is 4.74 Å². The van der Waals surface area contributed by atoms with Gasteiger partial charge in [0, 0.05) is 12.6 Å². The van der Waals surface area contributed by atoms with Crippen molar-refractivity contribution in [2.24, 2.45) is 11.7 Å². The molecule has 118 valence electrons. The standard InChI is InChI=1S/C18H35NO/c1-2-3-4-5-7-10-17(19)16-11-14-20-18(15-16)12-8-6-9-13-18/h16-17H,2-15,19H2,1H3. The molecule has 2 nitrogen and oxygen atoms in total. The van der Waals surface area contributed by atoms with Crippen LogP contribution in [0.3, 0.4) is 0 Å². The molecule has 1 aliphatic carbocycles. The third kappa shape index (κ3) is 4.73. The van der Waals surface area contributed by atoms with Crippen LogP contribution in [0.2, 0.25) is 0 Å². The zero-order chi connectivity index (χ0) is 14.3. The summed E-state index contributed by atoms with van der Waals surface area (Å²) in [4.78, 5) is 0. The average molecular weight is 281 g/mol. The monoisotopic (exact) mass is 281 g/mol. The van der Waals surface area contributed by atoms with E-state index in [2.05, 4.69) is 6.92 Å². The summed E-state index contributed by atoms with van der Waals surface area (Å²) >= 11 is 0. The summed E-state index contributed by atoms with van der Waals surface area (Å²) in [5, 5.41) is 0. The van der Waals surface area contributed by atoms with Crippen LogP contribution in [0.1, 0.15) is 90.4 Å². The fraction of sp³-hybridized carbons (Fsp3) is 1.00. The van der Waals surface area contributed by atoms with E-state index in [9.17, 15) is 0 Å². The van der Waals surface area contributed by atoms with Crippen molar-refractivity contribution in [3.05, 3.63) is 0 Å². The van der Waals surface area contributed by atoms with E-state index in [1.54, 1.807) is 0 Å². The maximum atomic E-state index is 6.50. The lowest BCUT2D eigenvalue weighted by molar-refractivity contribution is -0.120. The van der Waals surface area contributed by atoms with Gasteiger partial charge in [0.1, 0.15) is 0 Å². The van der Waals surface area contributed by atoms with Gasteiger partial charge >= 0.3 is 0 Å². The molecule has 2 rings (SSSR count). The van der Waals surface area contributed by atoms with Gasteiger partial charge in [0.15, 0.2) is 0 Å². The van der Waals surface area contributed by atoms with Crippen molar-refractivity contribution >= 4 is 0 Å². The van der Waals surface area contributed by atoms with Crippen molar-refractivity contribution in [1.29, 1.82) is 0 Å². The molecule has 1 heterocycles. The molecule has 2 unspecified atom stereocenters. The molecular formula is C18H35NO. The van der Waals surface area contributed by atoms with E-state index in [-0.39, 0.29) is 5.60 Å². The Morgan fingerprint density at radius 2 is 1.85 bits per heavy atom. The summed E-state index contributed by atoms with van der Waals surface area (Å²) in [5.41, 5.74) is 6.72. The molecule has 1 saturated heterocycles. The van der Waals surface area contributed by atoms with Crippen molar-refractivity contribution < 1.29 is 4.74 Å². The lowest BCUT2D eigenvalue weighted by Crippen LogP contribution is -2.46. The molecule has 20 heavy (non-hydrogen) atoms. The number of ether oxygens (including phenoxy) is 1. The molecule has 0 bridgehead atoms. The molecule has 2 heteroatoms. The second-order valence-corrected chi connectivity index (χ2v) is 7.21. The van der Waals surface area contributed by atoms with Gasteiger partial charge in [-0.3, -0.25) is 0 Å². The van der Waals surface area contributed by atoms with Crippen molar-refractivity contribution in [2.75, 3.05) is 6.61 Å². The topological polar surface area (TPSA) is 35.2 Å². The zero-order valence-electron chi connectivity index (χ0n) is 13.5. The van der Waals surface area contributed by atoms with Gasteiger partial charge in [-0.15, -0.1) is 0 Å². The van der Waals surface area contributed by atoms with Gasteiger partial charge in [0.2, 0.25) is 0 Å². The molecule has 1 spiro atoms. The van der Waals surface area contributed by atoms with Crippen LogP contribution in [-0.4, -0.2) is 18.2 Å². The number of hydrogen-bond acceptors (Lipinski definition) is 2. The fourth-order valence-corrected chi connectivity index (χ4v) is 4.19. The summed E-state index contributed by atoms with van der Waals surface area (Å²) in [6.45, 7) is 3.23. The van der Waals surface area contributed by atoms with E-state index in [1.807, 2.05) is 0 Å². The number of hydrogen-bond donors (Lipinski definition) is 1. The Morgan fingerprint density at radius 3 is 2.60 bits per heavy atom. The van der Waals surface area contributed by atoms with E-state index >= 15 is 0 Å². The van der Waals surface area contributed by atoms with Gasteiger partial charge in [-0.1, -0.05) is 58.3 Å². The lowest BCUT2D eigenvalue weighted by atomic mass is 9.73. The summed E-state index contributed by atoms with van der Waals surface area (Å²) in [5.74, 6) is 0.716. The van der Waals surface area contributed by atoms with Crippen LogP contribution in [0.25, 0.3) is 0 Å². The molecule has 0 aromatic heterocycles. The van der Waals surface area contributed by atoms with E-state index in [1.165, 1.54) is 83.5 Å². The number of rotatable bonds is 7. The Kier molecular flexibility index (Phi) is 6.83. The third-order valence-corrected chi connectivity index (χ3v) is 5.54. The van der Waals surface area contributed by atoms with Crippen LogP contribution < -0.4 is 5.73 Å². The first-order valence-electron chi connectivity index (χ1n) is 9.15. The van der Waals surface area contributed by atoms with Crippen molar-refractivity contribution in [3.63, 3.8) is 0 Å². The van der Waals surface area contributed by atoms with Crippen molar-refractivity contribution in [2.45, 2.75) is 102 Å². The molecule has 2 aliphatic rings. The van der Waals surface area contributed by atoms with E-state index in [4.69, 9.17) is 10.5 Å². The summed E-state index contributed by atoms with van der Waals surface area (Å²) in [6, 6.07) is 0.416. The van der Waals surface area contributed by atoms with Crippen LogP contribution >= 0.6 is 0 Å². The molecule has 0 aromatic carbocycles. The highest BCUT2D eigenvalue weighted by Gasteiger charge is 2.39. The van der Waals surface area contributed by atoms with Crippen LogP contribution in [0, 0.1) is 5.92 Å². The highest BCUT2D eigenvalue weighted by atomic mass is 16.5. The molecule has 2 N–H and O–H groups in total. The van der Waals surface area contributed by atoms with Gasteiger partial charge in [-0.25, -0.2) is 0 Å². The van der Waals surface area contributed by atoms with Crippen LogP contribution in [0.5, 0.6) is 0 Å². The van der Waals surface area contributed by atoms with E-state index in [0.29, 0.717) is 12.0 Å². The van der Waals surface area contributed by atoms with E-state index < -0.39 is 0 Å². The minimum Gasteiger partial charge on any atom is -0.375 e. The summed E-state index contributed by atoms with van der Waals surface area (Å²) in [7, 11) is 0. The second kappa shape index (κ2) is 8.38. The van der Waals surface area contributed by atoms with Crippen LogP contribution in [0.4, 0.5) is 0 Å². The molecule has 1 aliphatic heterocycles. The van der Waals surface area contributed by atoms with E-state index in [0.717, 1.165) is 6.61 Å². The zero-order valence-corrected chi connectivity index (χ0v) is 13.5. The molecule has 0 radical (unpaired) electrons. The van der Waals surface area contributed by atoms with Crippen molar-refractivity contribution in [3.8, 4) is 0 Å². The van der Waals surface area contributed by atoms with Crippen LogP contribution in [0.15, 0.2) is 0 Å². The molecule has 2 fully saturated rings. The summed E-state index contributed by atoms with van der Waals surface area (Å²) in [6.07, 6.45) is 17.1. The first-order chi connectivity index (χ1) is 9.76. The smallest absolute Gasteiger partial charge is 0.0685 e. The summed E-state index contributed by atoms with van der Waals surface area (Å²) < 4.78 is 6.19. The molecule has 2 atom stereocenters.